The molecule has 0 radical (unpaired) electrons. The zero-order valence-electron chi connectivity index (χ0n) is 13.4. The Bertz CT molecular complexity index is 519. The van der Waals surface area contributed by atoms with Crippen molar-refractivity contribution in [3.8, 4) is 0 Å². The first-order valence-corrected chi connectivity index (χ1v) is 8.64. The third kappa shape index (κ3) is 2.32. The van der Waals surface area contributed by atoms with Gasteiger partial charge >= 0.3 is 0 Å². The predicted octanol–water partition coefficient (Wildman–Crippen LogP) is 3.87. The van der Waals surface area contributed by atoms with Gasteiger partial charge in [0, 0.05) is 24.4 Å². The van der Waals surface area contributed by atoms with Crippen LogP contribution < -0.4 is 5.73 Å². The summed E-state index contributed by atoms with van der Waals surface area (Å²) >= 11 is 0. The van der Waals surface area contributed by atoms with Gasteiger partial charge in [0.25, 0.3) is 0 Å². The third-order valence-corrected chi connectivity index (χ3v) is 6.59. The lowest BCUT2D eigenvalue weighted by atomic mass is 9.43. The monoisotopic (exact) mass is 284 g/mol. The maximum absolute atomic E-state index is 6.76. The van der Waals surface area contributed by atoms with Gasteiger partial charge in [-0.25, -0.2) is 0 Å². The van der Waals surface area contributed by atoms with Gasteiger partial charge in [-0.3, -0.25) is 4.98 Å². The Morgan fingerprint density at radius 1 is 1.24 bits per heavy atom. The van der Waals surface area contributed by atoms with Crippen molar-refractivity contribution in [2.24, 2.45) is 28.4 Å². The number of aromatic nitrogens is 1. The summed E-state index contributed by atoms with van der Waals surface area (Å²) in [5, 5.41) is 0. The van der Waals surface area contributed by atoms with Crippen molar-refractivity contribution in [1.82, 2.24) is 4.98 Å². The molecule has 1 aromatic heterocycles. The minimum atomic E-state index is 0.290. The lowest BCUT2D eigenvalue weighted by Gasteiger charge is -2.63. The molecule has 3 unspecified atom stereocenters. The molecule has 3 atom stereocenters. The average Bonchev–Trinajstić information content (AvgIpc) is 2.38. The van der Waals surface area contributed by atoms with Gasteiger partial charge in [0.15, 0.2) is 0 Å². The molecule has 0 aliphatic heterocycles. The van der Waals surface area contributed by atoms with E-state index in [2.05, 4.69) is 31.0 Å². The van der Waals surface area contributed by atoms with Gasteiger partial charge in [-0.1, -0.05) is 13.0 Å². The molecule has 2 heteroatoms. The highest BCUT2D eigenvalue weighted by Gasteiger charge is 2.57. The molecular formula is C19H28N2. The summed E-state index contributed by atoms with van der Waals surface area (Å²) in [6.07, 6.45) is 11.4. The zero-order chi connectivity index (χ0) is 14.7. The summed E-state index contributed by atoms with van der Waals surface area (Å²) in [6.45, 7) is 4.62. The van der Waals surface area contributed by atoms with Crippen LogP contribution in [0.5, 0.6) is 0 Å². The third-order valence-electron chi connectivity index (χ3n) is 6.59. The number of nitrogens with zero attached hydrogens (tertiary/aromatic N) is 1. The molecule has 0 saturated heterocycles. The van der Waals surface area contributed by atoms with Crippen LogP contribution in [0.4, 0.5) is 0 Å². The van der Waals surface area contributed by atoms with Crippen LogP contribution in [0.25, 0.3) is 0 Å². The maximum Gasteiger partial charge on any atom is 0.0419 e. The second-order valence-electron chi connectivity index (χ2n) is 8.77. The molecule has 4 aliphatic carbocycles. The fraction of sp³-hybridized carbons (Fsp3) is 0.737. The Hall–Kier alpha value is -0.890. The van der Waals surface area contributed by atoms with Gasteiger partial charge in [0.2, 0.25) is 0 Å². The Balaban J connectivity index is 1.56. The molecule has 4 fully saturated rings. The van der Waals surface area contributed by atoms with Crippen LogP contribution in [0, 0.1) is 29.6 Å². The van der Waals surface area contributed by atoms with E-state index < -0.39 is 0 Å². The summed E-state index contributed by atoms with van der Waals surface area (Å²) in [7, 11) is 0. The quantitative estimate of drug-likeness (QED) is 0.915. The van der Waals surface area contributed by atoms with Crippen molar-refractivity contribution in [2.75, 3.05) is 0 Å². The van der Waals surface area contributed by atoms with E-state index in [1.165, 1.54) is 49.8 Å². The lowest BCUT2D eigenvalue weighted by molar-refractivity contribution is -0.112. The van der Waals surface area contributed by atoms with Crippen molar-refractivity contribution in [2.45, 2.75) is 64.8 Å². The highest BCUT2D eigenvalue weighted by molar-refractivity contribution is 5.16. The maximum atomic E-state index is 6.76. The summed E-state index contributed by atoms with van der Waals surface area (Å²) in [6, 6.07) is 4.62. The van der Waals surface area contributed by atoms with Crippen LogP contribution in [0.2, 0.25) is 0 Å². The van der Waals surface area contributed by atoms with E-state index in [1.54, 1.807) is 0 Å². The van der Waals surface area contributed by atoms with Crippen LogP contribution in [-0.2, 0) is 6.42 Å². The SMILES string of the molecule is Cc1ccc(CC(N)C23CC4CC(CC(C)(C4)C2)C3)nc1. The fourth-order valence-corrected chi connectivity index (χ4v) is 6.29. The van der Waals surface area contributed by atoms with Gasteiger partial charge in [-0.2, -0.15) is 0 Å². The Morgan fingerprint density at radius 2 is 1.95 bits per heavy atom. The number of hydrogen-bond donors (Lipinski definition) is 1. The zero-order valence-corrected chi connectivity index (χ0v) is 13.4. The van der Waals surface area contributed by atoms with Crippen molar-refractivity contribution in [3.05, 3.63) is 29.6 Å². The van der Waals surface area contributed by atoms with E-state index in [0.717, 1.165) is 18.3 Å². The molecule has 1 aromatic rings. The van der Waals surface area contributed by atoms with Crippen molar-refractivity contribution in [3.63, 3.8) is 0 Å². The molecule has 4 saturated carbocycles. The molecule has 2 N–H and O–H groups in total. The summed E-state index contributed by atoms with van der Waals surface area (Å²) < 4.78 is 0. The van der Waals surface area contributed by atoms with Gasteiger partial charge in [0.1, 0.15) is 0 Å². The minimum Gasteiger partial charge on any atom is -0.327 e. The van der Waals surface area contributed by atoms with Gasteiger partial charge in [-0.15, -0.1) is 0 Å². The van der Waals surface area contributed by atoms with E-state index in [-0.39, 0.29) is 6.04 Å². The number of aryl methyl sites for hydroxylation is 1. The van der Waals surface area contributed by atoms with Crippen LogP contribution in [0.15, 0.2) is 18.3 Å². The molecule has 114 valence electrons. The molecule has 4 aliphatic rings. The van der Waals surface area contributed by atoms with Crippen molar-refractivity contribution in [1.29, 1.82) is 0 Å². The largest absolute Gasteiger partial charge is 0.327 e. The molecule has 0 spiro atoms. The highest BCUT2D eigenvalue weighted by atomic mass is 14.8. The number of nitrogens with two attached hydrogens (primary N) is 1. The number of rotatable bonds is 3. The van der Waals surface area contributed by atoms with E-state index in [9.17, 15) is 0 Å². The Kier molecular flexibility index (Phi) is 2.98. The molecule has 4 bridgehead atoms. The number of hydrogen-bond acceptors (Lipinski definition) is 2. The summed E-state index contributed by atoms with van der Waals surface area (Å²) in [4.78, 5) is 4.58. The van der Waals surface area contributed by atoms with Crippen LogP contribution in [0.3, 0.4) is 0 Å². The van der Waals surface area contributed by atoms with Crippen molar-refractivity contribution >= 4 is 0 Å². The van der Waals surface area contributed by atoms with Gasteiger partial charge < -0.3 is 5.73 Å². The van der Waals surface area contributed by atoms with Crippen LogP contribution in [-0.4, -0.2) is 11.0 Å². The van der Waals surface area contributed by atoms with Crippen molar-refractivity contribution < 1.29 is 0 Å². The molecule has 1 heterocycles. The molecule has 0 aromatic carbocycles. The normalized spacial score (nSPS) is 42.2. The smallest absolute Gasteiger partial charge is 0.0419 e. The first kappa shape index (κ1) is 13.8. The van der Waals surface area contributed by atoms with Crippen LogP contribution >= 0.6 is 0 Å². The van der Waals surface area contributed by atoms with Gasteiger partial charge in [0.05, 0.1) is 0 Å². The van der Waals surface area contributed by atoms with E-state index in [4.69, 9.17) is 5.73 Å². The average molecular weight is 284 g/mol. The lowest BCUT2D eigenvalue weighted by Crippen LogP contribution is -2.58. The van der Waals surface area contributed by atoms with Crippen LogP contribution in [0.1, 0.15) is 56.7 Å². The second kappa shape index (κ2) is 4.55. The second-order valence-corrected chi connectivity index (χ2v) is 8.77. The minimum absolute atomic E-state index is 0.290. The summed E-state index contributed by atoms with van der Waals surface area (Å²) in [5.41, 5.74) is 10.2. The summed E-state index contributed by atoms with van der Waals surface area (Å²) in [5.74, 6) is 1.90. The predicted molar refractivity (Wildman–Crippen MR) is 85.9 cm³/mol. The fourth-order valence-electron chi connectivity index (χ4n) is 6.29. The Labute approximate surface area is 128 Å². The Morgan fingerprint density at radius 3 is 2.52 bits per heavy atom. The first-order valence-electron chi connectivity index (χ1n) is 8.64. The highest BCUT2D eigenvalue weighted by Crippen LogP contribution is 2.66. The van der Waals surface area contributed by atoms with E-state index in [0.29, 0.717) is 10.8 Å². The molecule has 5 rings (SSSR count). The van der Waals surface area contributed by atoms with E-state index >= 15 is 0 Å². The molecule has 21 heavy (non-hydrogen) atoms. The molecule has 2 nitrogen and oxygen atoms in total. The van der Waals surface area contributed by atoms with Gasteiger partial charge in [-0.05, 0) is 79.7 Å². The topological polar surface area (TPSA) is 38.9 Å². The first-order chi connectivity index (χ1) is 9.96. The number of pyridine rings is 1. The molecule has 0 amide bonds. The molecular weight excluding hydrogens is 256 g/mol. The van der Waals surface area contributed by atoms with E-state index in [1.807, 2.05) is 6.20 Å². The standard InChI is InChI=1S/C19H28N2/c1-13-3-4-16(21-11-13)6-17(20)19-9-14-5-15(10-19)8-18(2,7-14)12-19/h3-4,11,14-15,17H,5-10,12,20H2,1-2H3.